The first-order valence-electron chi connectivity index (χ1n) is 6.22. The van der Waals surface area contributed by atoms with Crippen molar-refractivity contribution in [1.82, 2.24) is 4.90 Å². The lowest BCUT2D eigenvalue weighted by molar-refractivity contribution is -0.131. The standard InChI is InChI=1S/C13H18ClNO2S/c1-15(8-11(16)9-2-3-9)13(17)7-5-10-4-6-12(14)18-10/h4,6,9,11,16H,2-3,5,7-8H2,1H3. The van der Waals surface area contributed by atoms with Crippen LogP contribution in [0.3, 0.4) is 0 Å². The molecule has 2 rings (SSSR count). The number of amides is 1. The van der Waals surface area contributed by atoms with Gasteiger partial charge in [0.15, 0.2) is 0 Å². The lowest BCUT2D eigenvalue weighted by Gasteiger charge is -2.20. The molecule has 0 saturated heterocycles. The van der Waals surface area contributed by atoms with Gasteiger partial charge in [-0.25, -0.2) is 0 Å². The fourth-order valence-electron chi connectivity index (χ4n) is 1.92. The summed E-state index contributed by atoms with van der Waals surface area (Å²) in [5.41, 5.74) is 0. The number of aryl methyl sites for hydroxylation is 1. The lowest BCUT2D eigenvalue weighted by atomic mass is 10.2. The van der Waals surface area contributed by atoms with Crippen LogP contribution >= 0.6 is 22.9 Å². The molecule has 1 aromatic rings. The Kier molecular flexibility index (Phi) is 4.65. The first kappa shape index (κ1) is 13.8. The van der Waals surface area contributed by atoms with Gasteiger partial charge < -0.3 is 10.0 Å². The first-order valence-corrected chi connectivity index (χ1v) is 7.42. The Hall–Kier alpha value is -0.580. The molecule has 0 radical (unpaired) electrons. The topological polar surface area (TPSA) is 40.5 Å². The number of rotatable bonds is 6. The van der Waals surface area contributed by atoms with Crippen molar-refractivity contribution in [2.24, 2.45) is 5.92 Å². The summed E-state index contributed by atoms with van der Waals surface area (Å²) < 4.78 is 0.759. The molecule has 1 N–H and O–H groups in total. The molecule has 1 atom stereocenters. The van der Waals surface area contributed by atoms with Crippen molar-refractivity contribution in [2.45, 2.75) is 31.8 Å². The van der Waals surface area contributed by atoms with E-state index in [1.165, 1.54) is 11.3 Å². The van der Waals surface area contributed by atoms with Crippen LogP contribution in [0.15, 0.2) is 12.1 Å². The molecule has 0 spiro atoms. The second-order valence-electron chi connectivity index (χ2n) is 4.88. The number of carbonyl (C=O) groups excluding carboxylic acids is 1. The highest BCUT2D eigenvalue weighted by molar-refractivity contribution is 7.16. The molecule has 1 heterocycles. The number of hydrogen-bond donors (Lipinski definition) is 1. The van der Waals surface area contributed by atoms with E-state index in [0.717, 1.165) is 28.5 Å². The molecular formula is C13H18ClNO2S. The van der Waals surface area contributed by atoms with Crippen molar-refractivity contribution in [3.05, 3.63) is 21.3 Å². The molecule has 1 amide bonds. The van der Waals surface area contributed by atoms with Crippen LogP contribution in [0.1, 0.15) is 24.1 Å². The lowest BCUT2D eigenvalue weighted by Crippen LogP contribution is -2.35. The first-order chi connectivity index (χ1) is 8.56. The van der Waals surface area contributed by atoms with Crippen LogP contribution < -0.4 is 0 Å². The van der Waals surface area contributed by atoms with Crippen LogP contribution in [0, 0.1) is 5.92 Å². The van der Waals surface area contributed by atoms with Crippen LogP contribution in [0.2, 0.25) is 4.34 Å². The number of nitrogens with zero attached hydrogens (tertiary/aromatic N) is 1. The van der Waals surface area contributed by atoms with Crippen LogP contribution in [0.25, 0.3) is 0 Å². The normalized spacial score (nSPS) is 16.6. The van der Waals surface area contributed by atoms with E-state index in [2.05, 4.69) is 0 Å². The van der Waals surface area contributed by atoms with E-state index < -0.39 is 0 Å². The predicted molar refractivity (Wildman–Crippen MR) is 74.0 cm³/mol. The molecule has 0 aliphatic heterocycles. The number of likely N-dealkylation sites (N-methyl/N-ethyl adjacent to an activating group) is 1. The highest BCUT2D eigenvalue weighted by atomic mass is 35.5. The fraction of sp³-hybridized carbons (Fsp3) is 0.615. The minimum atomic E-state index is -0.352. The van der Waals surface area contributed by atoms with Gasteiger partial charge in [-0.05, 0) is 37.3 Å². The van der Waals surface area contributed by atoms with Crippen LogP contribution in [-0.4, -0.2) is 35.6 Å². The smallest absolute Gasteiger partial charge is 0.222 e. The number of thiophene rings is 1. The highest BCUT2D eigenvalue weighted by Gasteiger charge is 2.30. The fourth-order valence-corrected chi connectivity index (χ4v) is 3.01. The molecule has 1 aliphatic rings. The SMILES string of the molecule is CN(CC(O)C1CC1)C(=O)CCc1ccc(Cl)s1. The molecule has 1 aliphatic carbocycles. The number of halogens is 1. The van der Waals surface area contributed by atoms with Crippen molar-refractivity contribution in [1.29, 1.82) is 0 Å². The summed E-state index contributed by atoms with van der Waals surface area (Å²) in [6.45, 7) is 0.453. The molecule has 1 fully saturated rings. The molecule has 1 saturated carbocycles. The van der Waals surface area contributed by atoms with Gasteiger partial charge in [0.2, 0.25) is 5.91 Å². The van der Waals surface area contributed by atoms with Crippen molar-refractivity contribution < 1.29 is 9.90 Å². The number of aliphatic hydroxyl groups is 1. The number of hydrogen-bond acceptors (Lipinski definition) is 3. The molecule has 100 valence electrons. The molecule has 3 nitrogen and oxygen atoms in total. The number of carbonyl (C=O) groups is 1. The van der Waals surface area contributed by atoms with Crippen molar-refractivity contribution >= 4 is 28.8 Å². The summed E-state index contributed by atoms with van der Waals surface area (Å²) in [5, 5.41) is 9.79. The largest absolute Gasteiger partial charge is 0.391 e. The van der Waals surface area contributed by atoms with Crippen LogP contribution in [-0.2, 0) is 11.2 Å². The predicted octanol–water partition coefficient (Wildman–Crippen LogP) is 2.56. The minimum absolute atomic E-state index is 0.0826. The van der Waals surface area contributed by atoms with E-state index in [1.807, 2.05) is 12.1 Å². The average molecular weight is 288 g/mol. The maximum atomic E-state index is 11.9. The zero-order valence-corrected chi connectivity index (χ0v) is 12.0. The van der Waals surface area contributed by atoms with Crippen LogP contribution in [0.5, 0.6) is 0 Å². The summed E-state index contributed by atoms with van der Waals surface area (Å²) in [6, 6.07) is 3.81. The van der Waals surface area contributed by atoms with E-state index in [-0.39, 0.29) is 12.0 Å². The van der Waals surface area contributed by atoms with Gasteiger partial charge >= 0.3 is 0 Å². The van der Waals surface area contributed by atoms with Crippen molar-refractivity contribution in [3.63, 3.8) is 0 Å². The van der Waals surface area contributed by atoms with E-state index in [9.17, 15) is 9.90 Å². The van der Waals surface area contributed by atoms with Gasteiger partial charge in [-0.15, -0.1) is 11.3 Å². The third kappa shape index (κ3) is 3.97. The van der Waals surface area contributed by atoms with Gasteiger partial charge in [0.25, 0.3) is 0 Å². The van der Waals surface area contributed by atoms with Gasteiger partial charge in [0.1, 0.15) is 0 Å². The molecule has 1 unspecified atom stereocenters. The average Bonchev–Trinajstić information content (AvgIpc) is 3.10. The summed E-state index contributed by atoms with van der Waals surface area (Å²) in [7, 11) is 1.76. The Labute approximate surface area is 116 Å². The van der Waals surface area contributed by atoms with Gasteiger partial charge in [0.05, 0.1) is 10.4 Å². The Morgan fingerprint density at radius 1 is 1.61 bits per heavy atom. The second kappa shape index (κ2) is 6.04. The summed E-state index contributed by atoms with van der Waals surface area (Å²) in [6.07, 6.45) is 3.04. The van der Waals surface area contributed by atoms with Gasteiger partial charge in [-0.3, -0.25) is 4.79 Å². The second-order valence-corrected chi connectivity index (χ2v) is 6.68. The maximum Gasteiger partial charge on any atom is 0.222 e. The zero-order valence-electron chi connectivity index (χ0n) is 10.4. The molecule has 5 heteroatoms. The van der Waals surface area contributed by atoms with E-state index in [1.54, 1.807) is 11.9 Å². The van der Waals surface area contributed by atoms with E-state index in [4.69, 9.17) is 11.6 Å². The summed E-state index contributed by atoms with van der Waals surface area (Å²) in [5.74, 6) is 0.496. The maximum absolute atomic E-state index is 11.9. The highest BCUT2D eigenvalue weighted by Crippen LogP contribution is 2.32. The Morgan fingerprint density at radius 3 is 2.89 bits per heavy atom. The molecule has 1 aromatic heterocycles. The third-order valence-electron chi connectivity index (χ3n) is 3.27. The Bertz CT molecular complexity index is 417. The van der Waals surface area contributed by atoms with Crippen molar-refractivity contribution in [3.8, 4) is 0 Å². The van der Waals surface area contributed by atoms with Gasteiger partial charge in [0, 0.05) is 24.9 Å². The monoisotopic (exact) mass is 287 g/mol. The van der Waals surface area contributed by atoms with Gasteiger partial charge in [-0.2, -0.15) is 0 Å². The Balaban J connectivity index is 1.73. The molecule has 0 bridgehead atoms. The third-order valence-corrected chi connectivity index (χ3v) is 4.56. The summed E-state index contributed by atoms with van der Waals surface area (Å²) >= 11 is 7.35. The molecular weight excluding hydrogens is 270 g/mol. The van der Waals surface area contributed by atoms with Crippen molar-refractivity contribution in [2.75, 3.05) is 13.6 Å². The number of aliphatic hydroxyl groups excluding tert-OH is 1. The Morgan fingerprint density at radius 2 is 2.33 bits per heavy atom. The quantitative estimate of drug-likeness (QED) is 0.873. The zero-order chi connectivity index (χ0) is 13.1. The molecule has 0 aromatic carbocycles. The molecule has 18 heavy (non-hydrogen) atoms. The van der Waals surface area contributed by atoms with Gasteiger partial charge in [-0.1, -0.05) is 11.6 Å². The van der Waals surface area contributed by atoms with E-state index in [0.29, 0.717) is 18.9 Å². The minimum Gasteiger partial charge on any atom is -0.391 e. The van der Waals surface area contributed by atoms with Crippen LogP contribution in [0.4, 0.5) is 0 Å². The van der Waals surface area contributed by atoms with E-state index >= 15 is 0 Å². The summed E-state index contributed by atoms with van der Waals surface area (Å²) in [4.78, 5) is 14.7.